The van der Waals surface area contributed by atoms with E-state index in [9.17, 15) is 18.8 Å². The van der Waals surface area contributed by atoms with E-state index in [0.717, 1.165) is 6.26 Å². The molecule has 0 amide bonds. The van der Waals surface area contributed by atoms with Crippen LogP contribution in [0.15, 0.2) is 18.2 Å². The Morgan fingerprint density at radius 3 is 2.70 bits per heavy atom. The summed E-state index contributed by atoms with van der Waals surface area (Å²) in [5.41, 5.74) is -0.596. The summed E-state index contributed by atoms with van der Waals surface area (Å²) in [7, 11) is -3.43. The van der Waals surface area contributed by atoms with Crippen LogP contribution in [0.2, 0.25) is 0 Å². The molecule has 1 aromatic carbocycles. The van der Waals surface area contributed by atoms with Crippen LogP contribution in [-0.4, -0.2) is 38.4 Å². The van der Waals surface area contributed by atoms with E-state index in [2.05, 4.69) is 0 Å². The summed E-state index contributed by atoms with van der Waals surface area (Å²) >= 11 is 0. The highest BCUT2D eigenvalue weighted by atomic mass is 32.2. The van der Waals surface area contributed by atoms with Crippen LogP contribution in [0.5, 0.6) is 11.5 Å². The number of rotatable bonds is 3. The molecule has 1 aliphatic carbocycles. The highest BCUT2D eigenvalue weighted by Crippen LogP contribution is 2.62. The third kappa shape index (κ3) is 1.69. The predicted molar refractivity (Wildman–Crippen MR) is 69.1 cm³/mol. The van der Waals surface area contributed by atoms with Gasteiger partial charge in [0.1, 0.15) is 5.41 Å². The largest absolute Gasteiger partial charge is 0.454 e. The summed E-state index contributed by atoms with van der Waals surface area (Å²) < 4.78 is 34.1. The summed E-state index contributed by atoms with van der Waals surface area (Å²) in [4.78, 5) is 0. The molecule has 1 aliphatic heterocycles. The number of aliphatic hydroxyl groups excluding tert-OH is 1. The third-order valence-electron chi connectivity index (χ3n) is 3.94. The van der Waals surface area contributed by atoms with Crippen LogP contribution in [0.1, 0.15) is 11.5 Å². The number of fused-ring (bicyclic) bond motifs is 1. The minimum atomic E-state index is -3.43. The Morgan fingerprint density at radius 2 is 2.15 bits per heavy atom. The van der Waals surface area contributed by atoms with E-state index in [1.807, 2.05) is 6.07 Å². The van der Waals surface area contributed by atoms with Crippen molar-refractivity contribution in [2.75, 3.05) is 19.7 Å². The fourth-order valence-corrected chi connectivity index (χ4v) is 4.82. The van der Waals surface area contributed by atoms with Crippen molar-refractivity contribution in [2.24, 2.45) is 5.41 Å². The predicted octanol–water partition coefficient (Wildman–Crippen LogP) is 0.428. The Kier molecular flexibility index (Phi) is 2.71. The summed E-state index contributed by atoms with van der Waals surface area (Å²) in [6, 6.07) is 7.06. The van der Waals surface area contributed by atoms with E-state index in [0.29, 0.717) is 17.1 Å². The van der Waals surface area contributed by atoms with Crippen LogP contribution in [0.25, 0.3) is 0 Å². The van der Waals surface area contributed by atoms with E-state index < -0.39 is 33.0 Å². The van der Waals surface area contributed by atoms with Gasteiger partial charge in [-0.15, -0.1) is 0 Å². The van der Waals surface area contributed by atoms with Gasteiger partial charge in [0.2, 0.25) is 6.79 Å². The Labute approximate surface area is 116 Å². The van der Waals surface area contributed by atoms with Gasteiger partial charge in [0.05, 0.1) is 17.9 Å². The molecular weight excluding hydrogens is 282 g/mol. The molecule has 2 aliphatic rings. The van der Waals surface area contributed by atoms with Gasteiger partial charge in [-0.1, -0.05) is 6.07 Å². The van der Waals surface area contributed by atoms with Gasteiger partial charge in [0.25, 0.3) is 0 Å². The van der Waals surface area contributed by atoms with E-state index in [1.165, 1.54) is 0 Å². The Hall–Kier alpha value is -1.78. The molecule has 1 aromatic rings. The van der Waals surface area contributed by atoms with Crippen LogP contribution in [0.4, 0.5) is 0 Å². The van der Waals surface area contributed by atoms with E-state index >= 15 is 0 Å². The lowest BCUT2D eigenvalue weighted by Gasteiger charge is -2.04. The molecule has 6 nitrogen and oxygen atoms in total. The van der Waals surface area contributed by atoms with E-state index in [4.69, 9.17) is 9.47 Å². The number of sulfone groups is 1. The fourth-order valence-electron chi connectivity index (χ4n) is 2.97. The quantitative estimate of drug-likeness (QED) is 0.868. The third-order valence-corrected chi connectivity index (χ3v) is 5.56. The number of benzene rings is 1. The molecule has 1 heterocycles. The molecular formula is C13H13NO5S. The Bertz CT molecular complexity index is 708. The first kappa shape index (κ1) is 13.2. The van der Waals surface area contributed by atoms with Crippen LogP contribution < -0.4 is 9.47 Å². The second-order valence-corrected chi connectivity index (χ2v) is 7.32. The van der Waals surface area contributed by atoms with Crippen LogP contribution >= 0.6 is 0 Å². The van der Waals surface area contributed by atoms with Crippen molar-refractivity contribution in [3.8, 4) is 17.6 Å². The topological polar surface area (TPSA) is 96.6 Å². The van der Waals surface area contributed by atoms with Gasteiger partial charge >= 0.3 is 0 Å². The fraction of sp³-hybridized carbons (Fsp3) is 0.462. The number of nitriles is 1. The lowest BCUT2D eigenvalue weighted by Crippen LogP contribution is -2.16. The van der Waals surface area contributed by atoms with Gasteiger partial charge in [0, 0.05) is 12.2 Å². The molecule has 1 fully saturated rings. The molecule has 0 spiro atoms. The van der Waals surface area contributed by atoms with Gasteiger partial charge in [-0.2, -0.15) is 5.26 Å². The Balaban J connectivity index is 2.04. The molecule has 3 atom stereocenters. The van der Waals surface area contributed by atoms with Crippen LogP contribution in [-0.2, 0) is 9.84 Å². The molecule has 0 radical (unpaired) electrons. The van der Waals surface area contributed by atoms with Crippen molar-refractivity contribution < 1.29 is 23.0 Å². The maximum atomic E-state index is 11.8. The van der Waals surface area contributed by atoms with Crippen molar-refractivity contribution in [2.45, 2.75) is 11.2 Å². The molecule has 7 heteroatoms. The van der Waals surface area contributed by atoms with Gasteiger partial charge in [-0.25, -0.2) is 8.42 Å². The SMILES string of the molecule is CS(=O)(=O)[C@H]1[C@@H](c2ccc3c(c2)OCO3)[C@@]1(C#N)CO. The van der Waals surface area contributed by atoms with Crippen LogP contribution in [0, 0.1) is 16.7 Å². The first-order valence-corrected chi connectivity index (χ1v) is 8.00. The lowest BCUT2D eigenvalue weighted by atomic mass is 10.0. The number of ether oxygens (including phenoxy) is 2. The average Bonchev–Trinajstić information content (AvgIpc) is 2.89. The van der Waals surface area contributed by atoms with E-state index in [-0.39, 0.29) is 6.79 Å². The zero-order valence-electron chi connectivity index (χ0n) is 10.7. The standard InChI is InChI=1S/C13H13NO5S/c1-20(16,17)12-11(13(12,5-14)6-15)8-2-3-9-10(4-8)19-7-18-9/h2-4,11-12,15H,6-7H2,1H3/t11-,12+,13-/m1/s1. The minimum absolute atomic E-state index is 0.127. The second kappa shape index (κ2) is 4.11. The van der Waals surface area contributed by atoms with Gasteiger partial charge in [-0.3, -0.25) is 0 Å². The van der Waals surface area contributed by atoms with Crippen LogP contribution in [0.3, 0.4) is 0 Å². The Morgan fingerprint density at radius 1 is 1.45 bits per heavy atom. The molecule has 1 N–H and O–H groups in total. The summed E-state index contributed by atoms with van der Waals surface area (Å²) in [6.45, 7) is -0.358. The van der Waals surface area contributed by atoms with Gasteiger partial charge in [0.15, 0.2) is 21.3 Å². The zero-order chi connectivity index (χ0) is 14.5. The minimum Gasteiger partial charge on any atom is -0.454 e. The molecule has 0 aromatic heterocycles. The van der Waals surface area contributed by atoms with E-state index in [1.54, 1.807) is 18.2 Å². The van der Waals surface area contributed by atoms with Gasteiger partial charge in [-0.05, 0) is 17.7 Å². The first-order chi connectivity index (χ1) is 9.44. The van der Waals surface area contributed by atoms with Crippen molar-refractivity contribution in [1.29, 1.82) is 5.26 Å². The molecule has 0 unspecified atom stereocenters. The summed E-state index contributed by atoms with van der Waals surface area (Å²) in [5.74, 6) is 0.588. The van der Waals surface area contributed by atoms with Crippen molar-refractivity contribution in [1.82, 2.24) is 0 Å². The highest BCUT2D eigenvalue weighted by molar-refractivity contribution is 7.91. The average molecular weight is 295 g/mol. The molecule has 0 bridgehead atoms. The molecule has 0 saturated heterocycles. The summed E-state index contributed by atoms with van der Waals surface area (Å²) in [6.07, 6.45) is 1.09. The van der Waals surface area contributed by atoms with Crippen molar-refractivity contribution in [3.63, 3.8) is 0 Å². The second-order valence-electron chi connectivity index (χ2n) is 5.15. The monoisotopic (exact) mass is 295 g/mol. The maximum absolute atomic E-state index is 11.8. The number of hydrogen-bond acceptors (Lipinski definition) is 6. The number of aliphatic hydroxyl groups is 1. The highest BCUT2D eigenvalue weighted by Gasteiger charge is 2.70. The summed E-state index contributed by atoms with van der Waals surface area (Å²) in [5, 5.41) is 17.9. The molecule has 106 valence electrons. The molecule has 3 rings (SSSR count). The first-order valence-electron chi connectivity index (χ1n) is 6.04. The normalized spacial score (nSPS) is 30.9. The smallest absolute Gasteiger partial charge is 0.231 e. The van der Waals surface area contributed by atoms with Crippen molar-refractivity contribution in [3.05, 3.63) is 23.8 Å². The maximum Gasteiger partial charge on any atom is 0.231 e. The van der Waals surface area contributed by atoms with Crippen molar-refractivity contribution >= 4 is 9.84 Å². The number of hydrogen-bond donors (Lipinski definition) is 1. The van der Waals surface area contributed by atoms with Gasteiger partial charge < -0.3 is 14.6 Å². The molecule has 20 heavy (non-hydrogen) atoms. The molecule has 1 saturated carbocycles. The zero-order valence-corrected chi connectivity index (χ0v) is 11.6. The lowest BCUT2D eigenvalue weighted by molar-refractivity contribution is 0.174. The number of nitrogens with zero attached hydrogens (tertiary/aromatic N) is 1.